The van der Waals surface area contributed by atoms with E-state index in [1.54, 1.807) is 0 Å². The van der Waals surface area contributed by atoms with Crippen LogP contribution < -0.4 is 22.5 Å². The van der Waals surface area contributed by atoms with Gasteiger partial charge in [-0.2, -0.15) is 0 Å². The van der Waals surface area contributed by atoms with E-state index in [1.165, 1.54) is 0 Å². The Morgan fingerprint density at radius 1 is 1.17 bits per heavy atom. The Morgan fingerprint density at radius 3 is 2.17 bits per heavy atom. The second-order valence-electron chi connectivity index (χ2n) is 3.49. The average molecular weight is 174 g/mol. The van der Waals surface area contributed by atoms with Gasteiger partial charge in [0.2, 0.25) is 0 Å². The smallest absolute Gasteiger partial charge is 0.0201 e. The van der Waals surface area contributed by atoms with Gasteiger partial charge in [0.05, 0.1) is 0 Å². The Bertz CT molecular complexity index is 103. The first-order chi connectivity index (χ1) is 5.54. The molecule has 74 valence electrons. The van der Waals surface area contributed by atoms with E-state index in [0.29, 0.717) is 0 Å². The number of hydrogen-bond acceptors (Lipinski definition) is 4. The lowest BCUT2D eigenvalue weighted by Crippen LogP contribution is -2.42. The first kappa shape index (κ1) is 11.8. The molecule has 0 spiro atoms. The van der Waals surface area contributed by atoms with Crippen molar-refractivity contribution in [2.75, 3.05) is 13.1 Å². The van der Waals surface area contributed by atoms with Crippen molar-refractivity contribution in [3.05, 3.63) is 0 Å². The van der Waals surface area contributed by atoms with Gasteiger partial charge in [-0.1, -0.05) is 0 Å². The van der Waals surface area contributed by atoms with E-state index in [0.717, 1.165) is 19.5 Å². The van der Waals surface area contributed by atoms with Crippen LogP contribution in [0.25, 0.3) is 0 Å². The summed E-state index contributed by atoms with van der Waals surface area (Å²) in [7, 11) is 0. The Kier molecular flexibility index (Phi) is 6.28. The van der Waals surface area contributed by atoms with Crippen LogP contribution in [0.5, 0.6) is 0 Å². The van der Waals surface area contributed by atoms with Gasteiger partial charge in [-0.15, -0.1) is 0 Å². The van der Waals surface area contributed by atoms with Crippen LogP contribution in [0.4, 0.5) is 0 Å². The van der Waals surface area contributed by atoms with Crippen LogP contribution in [-0.2, 0) is 0 Å². The summed E-state index contributed by atoms with van der Waals surface area (Å²) in [5, 5.41) is 3.21. The molecule has 0 radical (unpaired) electrons. The van der Waals surface area contributed by atoms with Gasteiger partial charge in [0.1, 0.15) is 0 Å². The molecule has 4 nitrogen and oxygen atoms in total. The molecule has 0 heterocycles. The van der Waals surface area contributed by atoms with Crippen LogP contribution in [0.15, 0.2) is 0 Å². The van der Waals surface area contributed by atoms with Gasteiger partial charge in [0, 0.05) is 24.7 Å². The molecule has 7 N–H and O–H groups in total. The lowest BCUT2D eigenvalue weighted by Gasteiger charge is -2.16. The summed E-state index contributed by atoms with van der Waals surface area (Å²) in [6.45, 7) is 5.63. The third-order valence-electron chi connectivity index (χ3n) is 1.80. The summed E-state index contributed by atoms with van der Waals surface area (Å²) in [5.74, 6) is 0. The van der Waals surface area contributed by atoms with E-state index in [9.17, 15) is 0 Å². The lowest BCUT2D eigenvalue weighted by molar-refractivity contribution is 0.491. The number of nitrogens with one attached hydrogen (secondary N) is 1. The third kappa shape index (κ3) is 6.54. The molecule has 0 aromatic carbocycles. The molecule has 0 aliphatic rings. The molecule has 0 aromatic rings. The predicted octanol–water partition coefficient (Wildman–Crippen LogP) is -1.01. The van der Waals surface area contributed by atoms with Crippen molar-refractivity contribution in [1.82, 2.24) is 5.32 Å². The molecular formula is C8H22N4. The minimum Gasteiger partial charge on any atom is -0.327 e. The van der Waals surface area contributed by atoms with E-state index in [-0.39, 0.29) is 18.1 Å². The largest absolute Gasteiger partial charge is 0.327 e. The molecule has 0 saturated carbocycles. The molecule has 3 unspecified atom stereocenters. The van der Waals surface area contributed by atoms with Crippen LogP contribution in [0.1, 0.15) is 20.3 Å². The maximum Gasteiger partial charge on any atom is 0.0201 e. The quantitative estimate of drug-likeness (QED) is 0.388. The topological polar surface area (TPSA) is 90.1 Å². The Balaban J connectivity index is 3.20. The molecule has 0 aliphatic carbocycles. The first-order valence-electron chi connectivity index (χ1n) is 4.51. The van der Waals surface area contributed by atoms with Crippen molar-refractivity contribution in [3.63, 3.8) is 0 Å². The van der Waals surface area contributed by atoms with Gasteiger partial charge >= 0.3 is 0 Å². The summed E-state index contributed by atoms with van der Waals surface area (Å²) in [6, 6.07) is 0.365. The van der Waals surface area contributed by atoms with Gasteiger partial charge < -0.3 is 22.5 Å². The third-order valence-corrected chi connectivity index (χ3v) is 1.80. The van der Waals surface area contributed by atoms with E-state index in [4.69, 9.17) is 17.2 Å². The highest BCUT2D eigenvalue weighted by Gasteiger charge is 2.06. The molecule has 0 amide bonds. The summed E-state index contributed by atoms with van der Waals surface area (Å²) < 4.78 is 0. The Labute approximate surface area is 74.9 Å². The molecule has 0 bridgehead atoms. The second kappa shape index (κ2) is 6.37. The first-order valence-corrected chi connectivity index (χ1v) is 4.51. The molecule has 0 aromatic heterocycles. The van der Waals surface area contributed by atoms with Gasteiger partial charge in [-0.3, -0.25) is 0 Å². The fourth-order valence-electron chi connectivity index (χ4n) is 0.861. The predicted molar refractivity (Wildman–Crippen MR) is 52.8 cm³/mol. The normalized spacial score (nSPS) is 18.8. The summed E-state index contributed by atoms with van der Waals surface area (Å²) >= 11 is 0. The van der Waals surface area contributed by atoms with Gasteiger partial charge in [0.25, 0.3) is 0 Å². The molecule has 12 heavy (non-hydrogen) atoms. The van der Waals surface area contributed by atoms with E-state index in [2.05, 4.69) is 5.32 Å². The van der Waals surface area contributed by atoms with Gasteiger partial charge in [0.15, 0.2) is 0 Å². The van der Waals surface area contributed by atoms with Crippen molar-refractivity contribution in [2.24, 2.45) is 17.2 Å². The zero-order valence-electron chi connectivity index (χ0n) is 8.09. The minimum absolute atomic E-state index is 0.0714. The molecular weight excluding hydrogens is 152 g/mol. The highest BCUT2D eigenvalue weighted by molar-refractivity contribution is 4.72. The maximum absolute atomic E-state index is 5.74. The van der Waals surface area contributed by atoms with Crippen molar-refractivity contribution in [2.45, 2.75) is 38.4 Å². The monoisotopic (exact) mass is 174 g/mol. The maximum atomic E-state index is 5.74. The molecule has 0 saturated heterocycles. The minimum atomic E-state index is 0.0714. The second-order valence-corrected chi connectivity index (χ2v) is 3.49. The van der Waals surface area contributed by atoms with Crippen molar-refractivity contribution in [1.29, 1.82) is 0 Å². The fraction of sp³-hybridized carbons (Fsp3) is 1.00. The van der Waals surface area contributed by atoms with Gasteiger partial charge in [-0.05, 0) is 26.8 Å². The summed E-state index contributed by atoms with van der Waals surface area (Å²) in [4.78, 5) is 0. The summed E-state index contributed by atoms with van der Waals surface area (Å²) in [6.07, 6.45) is 0.907. The van der Waals surface area contributed by atoms with Crippen molar-refractivity contribution >= 4 is 0 Å². The van der Waals surface area contributed by atoms with Crippen LogP contribution >= 0.6 is 0 Å². The van der Waals surface area contributed by atoms with Crippen molar-refractivity contribution in [3.8, 4) is 0 Å². The van der Waals surface area contributed by atoms with E-state index < -0.39 is 0 Å². The molecule has 4 heteroatoms. The zero-order chi connectivity index (χ0) is 9.56. The SMILES string of the molecule is CC(N)CNCCC(N)C(C)N. The molecule has 0 aliphatic heterocycles. The highest BCUT2D eigenvalue weighted by atomic mass is 14.9. The average Bonchev–Trinajstić information content (AvgIpc) is 1.97. The Morgan fingerprint density at radius 2 is 1.75 bits per heavy atom. The number of nitrogens with two attached hydrogens (primary N) is 3. The molecule has 3 atom stereocenters. The highest BCUT2D eigenvalue weighted by Crippen LogP contribution is 1.90. The van der Waals surface area contributed by atoms with Gasteiger partial charge in [-0.25, -0.2) is 0 Å². The van der Waals surface area contributed by atoms with Crippen molar-refractivity contribution < 1.29 is 0 Å². The number of rotatable bonds is 6. The summed E-state index contributed by atoms with van der Waals surface area (Å²) in [5.41, 5.74) is 16.9. The van der Waals surface area contributed by atoms with Crippen LogP contribution in [0.3, 0.4) is 0 Å². The lowest BCUT2D eigenvalue weighted by atomic mass is 10.1. The zero-order valence-corrected chi connectivity index (χ0v) is 8.09. The fourth-order valence-corrected chi connectivity index (χ4v) is 0.861. The van der Waals surface area contributed by atoms with Crippen LogP contribution in [0.2, 0.25) is 0 Å². The van der Waals surface area contributed by atoms with Crippen LogP contribution in [-0.4, -0.2) is 31.2 Å². The Hall–Kier alpha value is -0.160. The standard InChI is InChI=1S/C8H22N4/c1-6(9)5-12-4-3-8(11)7(2)10/h6-8,12H,3-5,9-11H2,1-2H3. The van der Waals surface area contributed by atoms with E-state index in [1.807, 2.05) is 13.8 Å². The van der Waals surface area contributed by atoms with Crippen LogP contribution in [0, 0.1) is 0 Å². The van der Waals surface area contributed by atoms with E-state index >= 15 is 0 Å². The molecule has 0 fully saturated rings. The molecule has 0 rings (SSSR count). The number of hydrogen-bond donors (Lipinski definition) is 4.